The highest BCUT2D eigenvalue weighted by atomic mass is 16.5. The first-order valence-corrected chi connectivity index (χ1v) is 9.91. The first-order chi connectivity index (χ1) is 12.1. The van der Waals surface area contributed by atoms with Gasteiger partial charge < -0.3 is 14.7 Å². The van der Waals surface area contributed by atoms with Crippen LogP contribution in [0.5, 0.6) is 0 Å². The Hall–Kier alpha value is -1.06. The molecule has 0 atom stereocenters. The number of ether oxygens (including phenoxy) is 1. The summed E-state index contributed by atoms with van der Waals surface area (Å²) in [5.41, 5.74) is 4.34. The van der Waals surface area contributed by atoms with Crippen molar-refractivity contribution in [3.8, 4) is 0 Å². The Bertz CT molecular complexity index is 467. The molecule has 1 aromatic carbocycles. The molecule has 2 rings (SSSR count). The van der Waals surface area contributed by atoms with Crippen LogP contribution in [0.4, 0.5) is 5.69 Å². The van der Waals surface area contributed by atoms with Gasteiger partial charge in [-0.05, 0) is 55.7 Å². The van der Waals surface area contributed by atoms with Crippen LogP contribution in [0.25, 0.3) is 0 Å². The highest BCUT2D eigenvalue weighted by Gasteiger charge is 2.23. The Balaban J connectivity index is 0.00000151. The zero-order valence-electron chi connectivity index (χ0n) is 17.1. The SMILES string of the molecule is CO.COCCCc1ccc(N(CC(C)C)C2CCCCC2)c(C)c1. The molecule has 3 heteroatoms. The van der Waals surface area contributed by atoms with Crippen molar-refractivity contribution < 1.29 is 9.84 Å². The zero-order valence-corrected chi connectivity index (χ0v) is 17.1. The predicted octanol–water partition coefficient (Wildman–Crippen LogP) is 4.98. The van der Waals surface area contributed by atoms with Crippen molar-refractivity contribution in [1.82, 2.24) is 0 Å². The van der Waals surface area contributed by atoms with Crippen LogP contribution in [-0.2, 0) is 11.2 Å². The summed E-state index contributed by atoms with van der Waals surface area (Å²) in [6.07, 6.45) is 9.16. The van der Waals surface area contributed by atoms with Gasteiger partial charge in [-0.1, -0.05) is 45.2 Å². The van der Waals surface area contributed by atoms with Crippen LogP contribution in [0.1, 0.15) is 63.5 Å². The summed E-state index contributed by atoms with van der Waals surface area (Å²) < 4.78 is 5.17. The van der Waals surface area contributed by atoms with E-state index in [4.69, 9.17) is 9.84 Å². The second-order valence-corrected chi connectivity index (χ2v) is 7.56. The molecule has 0 unspecified atom stereocenters. The van der Waals surface area contributed by atoms with E-state index in [1.54, 1.807) is 7.11 Å². The second kappa shape index (κ2) is 12.3. The highest BCUT2D eigenvalue weighted by Crippen LogP contribution is 2.31. The summed E-state index contributed by atoms with van der Waals surface area (Å²) in [4.78, 5) is 2.71. The molecule has 1 saturated carbocycles. The fourth-order valence-corrected chi connectivity index (χ4v) is 3.85. The third-order valence-corrected chi connectivity index (χ3v) is 4.96. The molecule has 0 radical (unpaired) electrons. The molecule has 144 valence electrons. The van der Waals surface area contributed by atoms with Gasteiger partial charge in [0.25, 0.3) is 0 Å². The van der Waals surface area contributed by atoms with E-state index < -0.39 is 0 Å². The lowest BCUT2D eigenvalue weighted by Gasteiger charge is -2.38. The lowest BCUT2D eigenvalue weighted by molar-refractivity contribution is 0.195. The minimum absolute atomic E-state index is 0.706. The maximum atomic E-state index is 7.00. The maximum Gasteiger partial charge on any atom is 0.0465 e. The van der Waals surface area contributed by atoms with Crippen molar-refractivity contribution >= 4 is 5.69 Å². The number of hydrogen-bond acceptors (Lipinski definition) is 3. The van der Waals surface area contributed by atoms with Crippen molar-refractivity contribution in [2.24, 2.45) is 5.92 Å². The third-order valence-electron chi connectivity index (χ3n) is 4.96. The number of hydrogen-bond donors (Lipinski definition) is 1. The van der Waals surface area contributed by atoms with Gasteiger partial charge in [0.15, 0.2) is 0 Å². The lowest BCUT2D eigenvalue weighted by atomic mass is 9.92. The molecular weight excluding hydrogens is 310 g/mol. The van der Waals surface area contributed by atoms with Crippen LogP contribution in [0.3, 0.4) is 0 Å². The van der Waals surface area contributed by atoms with E-state index in [1.165, 1.54) is 55.5 Å². The number of methoxy groups -OCH3 is 1. The van der Waals surface area contributed by atoms with Gasteiger partial charge in [-0.25, -0.2) is 0 Å². The number of rotatable bonds is 8. The number of benzene rings is 1. The predicted molar refractivity (Wildman–Crippen MR) is 109 cm³/mol. The number of anilines is 1. The molecule has 1 N–H and O–H groups in total. The van der Waals surface area contributed by atoms with Gasteiger partial charge >= 0.3 is 0 Å². The van der Waals surface area contributed by atoms with Crippen molar-refractivity contribution in [3.63, 3.8) is 0 Å². The molecule has 1 aliphatic rings. The molecule has 1 fully saturated rings. The van der Waals surface area contributed by atoms with Crippen molar-refractivity contribution in [2.75, 3.05) is 32.3 Å². The summed E-state index contributed by atoms with van der Waals surface area (Å²) in [6.45, 7) is 8.98. The van der Waals surface area contributed by atoms with Crippen LogP contribution in [0.15, 0.2) is 18.2 Å². The number of aryl methyl sites for hydroxylation is 2. The number of nitrogens with zero attached hydrogens (tertiary/aromatic N) is 1. The maximum absolute atomic E-state index is 7.00. The monoisotopic (exact) mass is 349 g/mol. The molecule has 0 aliphatic heterocycles. The van der Waals surface area contributed by atoms with Crippen LogP contribution in [0, 0.1) is 12.8 Å². The lowest BCUT2D eigenvalue weighted by Crippen LogP contribution is -2.39. The molecule has 0 aromatic heterocycles. The Morgan fingerprint density at radius 1 is 1.16 bits per heavy atom. The molecule has 0 amide bonds. The van der Waals surface area contributed by atoms with Gasteiger partial charge in [0.05, 0.1) is 0 Å². The van der Waals surface area contributed by atoms with Gasteiger partial charge in [0.1, 0.15) is 0 Å². The molecule has 25 heavy (non-hydrogen) atoms. The first kappa shape index (κ1) is 22.0. The quantitative estimate of drug-likeness (QED) is 0.672. The fourth-order valence-electron chi connectivity index (χ4n) is 3.85. The van der Waals surface area contributed by atoms with Gasteiger partial charge in [0.2, 0.25) is 0 Å². The average Bonchev–Trinajstić information content (AvgIpc) is 2.63. The van der Waals surface area contributed by atoms with E-state index in [9.17, 15) is 0 Å². The molecule has 0 saturated heterocycles. The molecular formula is C22H39NO2. The van der Waals surface area contributed by atoms with E-state index in [1.807, 2.05) is 0 Å². The Morgan fingerprint density at radius 3 is 2.40 bits per heavy atom. The average molecular weight is 350 g/mol. The minimum Gasteiger partial charge on any atom is -0.400 e. The summed E-state index contributed by atoms with van der Waals surface area (Å²) >= 11 is 0. The van der Waals surface area contributed by atoms with E-state index in [0.29, 0.717) is 5.92 Å². The topological polar surface area (TPSA) is 32.7 Å². The molecule has 0 spiro atoms. The van der Waals surface area contributed by atoms with Gasteiger partial charge in [0, 0.05) is 39.1 Å². The standard InChI is InChI=1S/C21H35NO.CH4O/c1-17(2)16-22(20-10-6-5-7-11-20)21-13-12-19(15-18(21)3)9-8-14-23-4;1-2/h12-13,15,17,20H,5-11,14,16H2,1-4H3;2H,1H3. The minimum atomic E-state index is 0.706. The summed E-state index contributed by atoms with van der Waals surface area (Å²) in [7, 11) is 2.78. The van der Waals surface area contributed by atoms with Gasteiger partial charge in [-0.2, -0.15) is 0 Å². The van der Waals surface area contributed by atoms with Crippen LogP contribution in [0.2, 0.25) is 0 Å². The second-order valence-electron chi connectivity index (χ2n) is 7.56. The number of aliphatic hydroxyl groups excluding tert-OH is 1. The van der Waals surface area contributed by atoms with Crippen molar-refractivity contribution in [1.29, 1.82) is 0 Å². The fraction of sp³-hybridized carbons (Fsp3) is 0.727. The molecule has 0 heterocycles. The van der Waals surface area contributed by atoms with E-state index in [-0.39, 0.29) is 0 Å². The number of aliphatic hydroxyl groups is 1. The van der Waals surface area contributed by atoms with Gasteiger partial charge in [-0.15, -0.1) is 0 Å². The van der Waals surface area contributed by atoms with Gasteiger partial charge in [-0.3, -0.25) is 0 Å². The summed E-state index contributed by atoms with van der Waals surface area (Å²) in [5, 5.41) is 7.00. The van der Waals surface area contributed by atoms with E-state index in [0.717, 1.165) is 32.6 Å². The third kappa shape index (κ3) is 7.37. The molecule has 3 nitrogen and oxygen atoms in total. The van der Waals surface area contributed by atoms with Crippen molar-refractivity contribution in [3.05, 3.63) is 29.3 Å². The Morgan fingerprint density at radius 2 is 1.84 bits per heavy atom. The smallest absolute Gasteiger partial charge is 0.0465 e. The molecule has 1 aromatic rings. The summed E-state index contributed by atoms with van der Waals surface area (Å²) in [5.74, 6) is 0.706. The van der Waals surface area contributed by atoms with E-state index >= 15 is 0 Å². The largest absolute Gasteiger partial charge is 0.400 e. The Kier molecular flexibility index (Phi) is 10.8. The first-order valence-electron chi connectivity index (χ1n) is 9.91. The summed E-state index contributed by atoms with van der Waals surface area (Å²) in [6, 6.07) is 7.83. The Labute approximate surface area is 155 Å². The zero-order chi connectivity index (χ0) is 18.7. The normalized spacial score (nSPS) is 15.0. The molecule has 1 aliphatic carbocycles. The van der Waals surface area contributed by atoms with Crippen LogP contribution < -0.4 is 4.90 Å². The molecule has 0 bridgehead atoms. The highest BCUT2D eigenvalue weighted by molar-refractivity contribution is 5.55. The van der Waals surface area contributed by atoms with Crippen LogP contribution in [-0.4, -0.2) is 38.5 Å². The van der Waals surface area contributed by atoms with Crippen LogP contribution >= 0.6 is 0 Å². The van der Waals surface area contributed by atoms with Crippen molar-refractivity contribution in [2.45, 2.75) is 71.8 Å². The van der Waals surface area contributed by atoms with E-state index in [2.05, 4.69) is 43.9 Å².